The number of nitrogens with zero attached hydrogens (tertiary/aromatic N) is 2. The van der Waals surface area contributed by atoms with Crippen LogP contribution in [0.1, 0.15) is 12.1 Å². The second-order valence-electron chi connectivity index (χ2n) is 3.26. The lowest BCUT2D eigenvalue weighted by atomic mass is 10.3. The van der Waals surface area contributed by atoms with E-state index in [1.165, 1.54) is 4.68 Å². The summed E-state index contributed by atoms with van der Waals surface area (Å²) in [7, 11) is 1.62. The molecule has 0 spiro atoms. The molecule has 0 atom stereocenters. The van der Waals surface area contributed by atoms with Crippen LogP contribution < -0.4 is 11.1 Å². The number of anilines is 2. The van der Waals surface area contributed by atoms with Crippen molar-refractivity contribution >= 4 is 11.5 Å². The molecule has 0 aliphatic carbocycles. The largest absolute Gasteiger partial charge is 0.394 e. The maximum atomic E-state index is 11.9. The second-order valence-corrected chi connectivity index (χ2v) is 3.26. The van der Waals surface area contributed by atoms with Gasteiger partial charge in [-0.2, -0.15) is 18.3 Å². The van der Waals surface area contributed by atoms with Gasteiger partial charge in [0.15, 0.2) is 0 Å². The van der Waals surface area contributed by atoms with Gasteiger partial charge in [0.05, 0.1) is 17.8 Å². The topological polar surface area (TPSA) is 55.9 Å². The molecule has 0 fully saturated rings. The molecular formula is C8H13F3N4. The third kappa shape index (κ3) is 3.03. The number of aromatic nitrogens is 2. The SMILES string of the molecule is Cc1nn(C)c(NCCC(F)(F)F)c1N. The van der Waals surface area contributed by atoms with E-state index in [0.29, 0.717) is 17.2 Å². The summed E-state index contributed by atoms with van der Waals surface area (Å²) in [4.78, 5) is 0. The van der Waals surface area contributed by atoms with Gasteiger partial charge >= 0.3 is 6.18 Å². The molecule has 1 aromatic heterocycles. The van der Waals surface area contributed by atoms with Crippen LogP contribution in [0.5, 0.6) is 0 Å². The van der Waals surface area contributed by atoms with Gasteiger partial charge in [-0.05, 0) is 6.92 Å². The smallest absolute Gasteiger partial charge is 0.390 e. The Morgan fingerprint density at radius 1 is 1.47 bits per heavy atom. The molecule has 3 N–H and O–H groups in total. The molecule has 0 aliphatic heterocycles. The molecule has 1 rings (SSSR count). The van der Waals surface area contributed by atoms with Crippen LogP contribution >= 0.6 is 0 Å². The number of halogens is 3. The monoisotopic (exact) mass is 222 g/mol. The van der Waals surface area contributed by atoms with Crippen molar-refractivity contribution in [2.45, 2.75) is 19.5 Å². The van der Waals surface area contributed by atoms with E-state index in [9.17, 15) is 13.2 Å². The first-order valence-electron chi connectivity index (χ1n) is 4.41. The van der Waals surface area contributed by atoms with Gasteiger partial charge in [0.2, 0.25) is 0 Å². The van der Waals surface area contributed by atoms with Crippen molar-refractivity contribution < 1.29 is 13.2 Å². The van der Waals surface area contributed by atoms with Gasteiger partial charge < -0.3 is 11.1 Å². The predicted octanol–water partition coefficient (Wildman–Crippen LogP) is 1.68. The van der Waals surface area contributed by atoms with E-state index in [0.717, 1.165) is 0 Å². The molecule has 0 saturated heterocycles. The van der Waals surface area contributed by atoms with Crippen LogP contribution in [0.3, 0.4) is 0 Å². The zero-order chi connectivity index (χ0) is 11.6. The predicted molar refractivity (Wildman–Crippen MR) is 51.5 cm³/mol. The number of hydrogen-bond acceptors (Lipinski definition) is 3. The summed E-state index contributed by atoms with van der Waals surface area (Å²) in [5, 5.41) is 6.59. The highest BCUT2D eigenvalue weighted by Gasteiger charge is 2.26. The number of nitrogens with one attached hydrogen (secondary N) is 1. The summed E-state index contributed by atoms with van der Waals surface area (Å²) in [6.07, 6.45) is -5.05. The first kappa shape index (κ1) is 11.7. The Morgan fingerprint density at radius 3 is 2.47 bits per heavy atom. The molecule has 0 bridgehead atoms. The van der Waals surface area contributed by atoms with Crippen LogP contribution in [-0.2, 0) is 7.05 Å². The first-order valence-corrected chi connectivity index (χ1v) is 4.41. The zero-order valence-electron chi connectivity index (χ0n) is 8.52. The third-order valence-corrected chi connectivity index (χ3v) is 1.97. The fourth-order valence-electron chi connectivity index (χ4n) is 1.21. The Balaban J connectivity index is 2.58. The normalized spacial score (nSPS) is 11.8. The number of nitrogen functional groups attached to an aromatic ring is 1. The Bertz CT molecular complexity index is 342. The summed E-state index contributed by atoms with van der Waals surface area (Å²) >= 11 is 0. The second kappa shape index (κ2) is 4.00. The van der Waals surface area contributed by atoms with Crippen LogP contribution in [-0.4, -0.2) is 22.5 Å². The molecule has 0 saturated carbocycles. The Hall–Kier alpha value is -1.40. The minimum atomic E-state index is -4.16. The van der Waals surface area contributed by atoms with E-state index in [-0.39, 0.29) is 6.54 Å². The molecule has 4 nitrogen and oxygen atoms in total. The molecule has 0 aromatic carbocycles. The van der Waals surface area contributed by atoms with Crippen LogP contribution in [0.15, 0.2) is 0 Å². The molecule has 0 radical (unpaired) electrons. The van der Waals surface area contributed by atoms with Gasteiger partial charge in [0.1, 0.15) is 5.82 Å². The van der Waals surface area contributed by atoms with Crippen molar-refractivity contribution in [2.75, 3.05) is 17.6 Å². The lowest BCUT2D eigenvalue weighted by Gasteiger charge is -2.09. The summed E-state index contributed by atoms with van der Waals surface area (Å²) in [5.41, 5.74) is 6.62. The molecule has 1 aromatic rings. The number of aryl methyl sites for hydroxylation is 2. The Labute approximate surface area is 85.2 Å². The van der Waals surface area contributed by atoms with Crippen molar-refractivity contribution in [2.24, 2.45) is 7.05 Å². The van der Waals surface area contributed by atoms with Gasteiger partial charge in [-0.3, -0.25) is 4.68 Å². The van der Waals surface area contributed by atoms with Gasteiger partial charge in [0.25, 0.3) is 0 Å². The summed E-state index contributed by atoms with van der Waals surface area (Å²) in [5.74, 6) is 0.428. The van der Waals surface area contributed by atoms with Crippen molar-refractivity contribution in [1.82, 2.24) is 9.78 Å². The minimum absolute atomic E-state index is 0.202. The fraction of sp³-hybridized carbons (Fsp3) is 0.625. The molecule has 0 unspecified atom stereocenters. The van der Waals surface area contributed by atoms with E-state index < -0.39 is 12.6 Å². The Morgan fingerprint density at radius 2 is 2.07 bits per heavy atom. The van der Waals surface area contributed by atoms with Crippen LogP contribution in [0.25, 0.3) is 0 Å². The molecule has 7 heteroatoms. The minimum Gasteiger partial charge on any atom is -0.394 e. The summed E-state index contributed by atoms with van der Waals surface area (Å²) < 4.78 is 37.0. The number of rotatable bonds is 3. The molecule has 1 heterocycles. The van der Waals surface area contributed by atoms with Gasteiger partial charge in [-0.1, -0.05) is 0 Å². The van der Waals surface area contributed by atoms with Crippen molar-refractivity contribution in [3.63, 3.8) is 0 Å². The number of hydrogen-bond donors (Lipinski definition) is 2. The van der Waals surface area contributed by atoms with Crippen molar-refractivity contribution in [3.8, 4) is 0 Å². The highest BCUT2D eigenvalue weighted by Crippen LogP contribution is 2.23. The zero-order valence-corrected chi connectivity index (χ0v) is 8.52. The van der Waals surface area contributed by atoms with E-state index in [2.05, 4.69) is 10.4 Å². The fourth-order valence-corrected chi connectivity index (χ4v) is 1.21. The molecule has 0 aliphatic rings. The quantitative estimate of drug-likeness (QED) is 0.818. The summed E-state index contributed by atoms with van der Waals surface area (Å²) in [6, 6.07) is 0. The van der Waals surface area contributed by atoms with E-state index >= 15 is 0 Å². The van der Waals surface area contributed by atoms with Gasteiger partial charge in [-0.15, -0.1) is 0 Å². The van der Waals surface area contributed by atoms with Gasteiger partial charge in [0, 0.05) is 13.6 Å². The van der Waals surface area contributed by atoms with E-state index in [4.69, 9.17) is 5.73 Å². The van der Waals surface area contributed by atoms with Crippen LogP contribution in [0.4, 0.5) is 24.7 Å². The Kier molecular flexibility index (Phi) is 3.11. The lowest BCUT2D eigenvalue weighted by Crippen LogP contribution is -2.16. The van der Waals surface area contributed by atoms with E-state index in [1.807, 2.05) is 0 Å². The average Bonchev–Trinajstić information content (AvgIpc) is 2.29. The molecule has 0 amide bonds. The highest BCUT2D eigenvalue weighted by atomic mass is 19.4. The number of alkyl halides is 3. The molecule has 86 valence electrons. The van der Waals surface area contributed by atoms with Crippen molar-refractivity contribution in [3.05, 3.63) is 5.69 Å². The summed E-state index contributed by atoms with van der Waals surface area (Å²) in [6.45, 7) is 1.50. The number of nitrogens with two attached hydrogens (primary N) is 1. The third-order valence-electron chi connectivity index (χ3n) is 1.97. The van der Waals surface area contributed by atoms with Gasteiger partial charge in [-0.25, -0.2) is 0 Å². The highest BCUT2D eigenvalue weighted by molar-refractivity contribution is 5.64. The first-order chi connectivity index (χ1) is 6.81. The van der Waals surface area contributed by atoms with Crippen LogP contribution in [0, 0.1) is 6.92 Å². The average molecular weight is 222 g/mol. The maximum absolute atomic E-state index is 11.9. The maximum Gasteiger partial charge on any atom is 0.390 e. The van der Waals surface area contributed by atoms with E-state index in [1.54, 1.807) is 14.0 Å². The standard InChI is InChI=1S/C8H13F3N4/c1-5-6(12)7(15(2)14-5)13-4-3-8(9,10)11/h13H,3-4,12H2,1-2H3. The molecule has 15 heavy (non-hydrogen) atoms. The lowest BCUT2D eigenvalue weighted by molar-refractivity contribution is -0.131. The van der Waals surface area contributed by atoms with Crippen molar-refractivity contribution in [1.29, 1.82) is 0 Å². The van der Waals surface area contributed by atoms with Crippen LogP contribution in [0.2, 0.25) is 0 Å². The molecular weight excluding hydrogens is 209 g/mol.